The highest BCUT2D eigenvalue weighted by Crippen LogP contribution is 2.31. The number of aromatic nitrogens is 1. The molecule has 1 fully saturated rings. The lowest BCUT2D eigenvalue weighted by molar-refractivity contribution is 0.242. The largest absolute Gasteiger partial charge is 0.494 e. The van der Waals surface area contributed by atoms with E-state index in [1.54, 1.807) is 11.3 Å². The lowest BCUT2D eigenvalue weighted by Crippen LogP contribution is -2.31. The molecule has 3 rings (SSSR count). The number of thioether (sulfide) groups is 1. The van der Waals surface area contributed by atoms with Crippen LogP contribution >= 0.6 is 23.1 Å². The Bertz CT molecular complexity index is 579. The number of hydrogen-bond donors (Lipinski definition) is 0. The molecule has 2 aromatic rings. The number of benzene rings is 1. The lowest BCUT2D eigenvalue weighted by atomic mass is 10.1. The first kappa shape index (κ1) is 15.1. The number of fused-ring (bicyclic) bond motifs is 1. The second kappa shape index (κ2) is 7.47. The van der Waals surface area contributed by atoms with Gasteiger partial charge in [0.1, 0.15) is 5.75 Å². The molecule has 1 aromatic carbocycles. The monoisotopic (exact) mass is 322 g/mol. The SMILES string of the molecule is CCOc1ccc2nc(SCCN3CCCCC3)sc2c1. The fourth-order valence-corrected chi connectivity index (χ4v) is 4.81. The third-order valence-corrected chi connectivity index (χ3v) is 5.87. The molecule has 0 spiro atoms. The highest BCUT2D eigenvalue weighted by atomic mass is 32.2. The minimum atomic E-state index is 0.710. The van der Waals surface area contributed by atoms with Crippen LogP contribution < -0.4 is 4.74 Å². The van der Waals surface area contributed by atoms with E-state index in [9.17, 15) is 0 Å². The Morgan fingerprint density at radius 2 is 2.14 bits per heavy atom. The molecule has 0 bridgehead atoms. The number of piperidine rings is 1. The molecule has 1 saturated heterocycles. The van der Waals surface area contributed by atoms with Crippen LogP contribution in [0.25, 0.3) is 10.2 Å². The Balaban J connectivity index is 1.56. The fraction of sp³-hybridized carbons (Fsp3) is 0.562. The molecule has 3 nitrogen and oxygen atoms in total. The zero-order valence-electron chi connectivity index (χ0n) is 12.5. The van der Waals surface area contributed by atoms with Crippen LogP contribution in [0.5, 0.6) is 5.75 Å². The van der Waals surface area contributed by atoms with Crippen molar-refractivity contribution in [1.82, 2.24) is 9.88 Å². The topological polar surface area (TPSA) is 25.4 Å². The summed E-state index contributed by atoms with van der Waals surface area (Å²) in [5.74, 6) is 2.08. The summed E-state index contributed by atoms with van der Waals surface area (Å²) < 4.78 is 7.95. The van der Waals surface area contributed by atoms with E-state index in [-0.39, 0.29) is 0 Å². The maximum atomic E-state index is 5.55. The first-order valence-electron chi connectivity index (χ1n) is 7.73. The molecule has 5 heteroatoms. The minimum absolute atomic E-state index is 0.710. The van der Waals surface area contributed by atoms with Crippen molar-refractivity contribution in [3.8, 4) is 5.75 Å². The maximum Gasteiger partial charge on any atom is 0.151 e. The van der Waals surface area contributed by atoms with Gasteiger partial charge in [-0.25, -0.2) is 4.98 Å². The molecule has 1 aliphatic heterocycles. The Hall–Kier alpha value is -0.780. The van der Waals surface area contributed by atoms with Crippen LogP contribution in [0.3, 0.4) is 0 Å². The molecule has 0 saturated carbocycles. The van der Waals surface area contributed by atoms with Gasteiger partial charge in [-0.3, -0.25) is 0 Å². The maximum absolute atomic E-state index is 5.55. The average Bonchev–Trinajstić information content (AvgIpc) is 2.91. The average molecular weight is 322 g/mol. The summed E-state index contributed by atoms with van der Waals surface area (Å²) in [5.41, 5.74) is 1.09. The highest BCUT2D eigenvalue weighted by Gasteiger charge is 2.11. The van der Waals surface area contributed by atoms with E-state index in [4.69, 9.17) is 9.72 Å². The zero-order valence-corrected chi connectivity index (χ0v) is 14.1. The van der Waals surface area contributed by atoms with Gasteiger partial charge in [-0.15, -0.1) is 11.3 Å². The van der Waals surface area contributed by atoms with Gasteiger partial charge in [-0.05, 0) is 51.1 Å². The molecule has 0 radical (unpaired) electrons. The Labute approximate surface area is 134 Å². The zero-order chi connectivity index (χ0) is 14.5. The second-order valence-corrected chi connectivity index (χ2v) is 7.67. The quantitative estimate of drug-likeness (QED) is 0.742. The first-order chi connectivity index (χ1) is 10.3. The molecule has 0 atom stereocenters. The standard InChI is InChI=1S/C16H22N2OS2/c1-2-19-13-6-7-14-15(12-13)21-16(17-14)20-11-10-18-8-4-3-5-9-18/h6-7,12H,2-5,8-11H2,1H3. The number of likely N-dealkylation sites (tertiary alicyclic amines) is 1. The summed E-state index contributed by atoms with van der Waals surface area (Å²) in [7, 11) is 0. The van der Waals surface area contributed by atoms with E-state index in [1.165, 1.54) is 47.9 Å². The molecule has 1 aromatic heterocycles. The number of nitrogens with zero attached hydrogens (tertiary/aromatic N) is 2. The van der Waals surface area contributed by atoms with Gasteiger partial charge in [0.25, 0.3) is 0 Å². The lowest BCUT2D eigenvalue weighted by Gasteiger charge is -2.25. The van der Waals surface area contributed by atoms with Crippen molar-refractivity contribution in [2.24, 2.45) is 0 Å². The molecule has 21 heavy (non-hydrogen) atoms. The van der Waals surface area contributed by atoms with Crippen LogP contribution in [0.2, 0.25) is 0 Å². The van der Waals surface area contributed by atoms with Gasteiger partial charge in [0.2, 0.25) is 0 Å². The highest BCUT2D eigenvalue weighted by molar-refractivity contribution is 8.01. The predicted octanol–water partition coefficient (Wildman–Crippen LogP) is 4.27. The van der Waals surface area contributed by atoms with Gasteiger partial charge in [-0.1, -0.05) is 18.2 Å². The van der Waals surface area contributed by atoms with Gasteiger partial charge in [0, 0.05) is 12.3 Å². The summed E-state index contributed by atoms with van der Waals surface area (Å²) in [6.07, 6.45) is 4.14. The van der Waals surface area contributed by atoms with E-state index in [2.05, 4.69) is 17.0 Å². The van der Waals surface area contributed by atoms with Crippen molar-refractivity contribution in [1.29, 1.82) is 0 Å². The van der Waals surface area contributed by atoms with E-state index < -0.39 is 0 Å². The minimum Gasteiger partial charge on any atom is -0.494 e. The summed E-state index contributed by atoms with van der Waals surface area (Å²) in [6, 6.07) is 6.17. The predicted molar refractivity (Wildman–Crippen MR) is 91.8 cm³/mol. The van der Waals surface area contributed by atoms with E-state index in [0.29, 0.717) is 6.61 Å². The van der Waals surface area contributed by atoms with Crippen molar-refractivity contribution < 1.29 is 4.74 Å². The molecule has 2 heterocycles. The molecule has 0 amide bonds. The van der Waals surface area contributed by atoms with Crippen LogP contribution in [0.1, 0.15) is 26.2 Å². The second-order valence-electron chi connectivity index (χ2n) is 5.29. The van der Waals surface area contributed by atoms with Gasteiger partial charge in [0.15, 0.2) is 4.34 Å². The number of hydrogen-bond acceptors (Lipinski definition) is 5. The molecule has 1 aliphatic rings. The molecule has 0 aliphatic carbocycles. The van der Waals surface area contributed by atoms with E-state index in [0.717, 1.165) is 17.0 Å². The van der Waals surface area contributed by atoms with Gasteiger partial charge >= 0.3 is 0 Å². The van der Waals surface area contributed by atoms with Gasteiger partial charge in [0.05, 0.1) is 16.8 Å². The normalized spacial score (nSPS) is 16.4. The Morgan fingerprint density at radius 3 is 2.95 bits per heavy atom. The van der Waals surface area contributed by atoms with Gasteiger partial charge in [-0.2, -0.15) is 0 Å². The summed E-state index contributed by atoms with van der Waals surface area (Å²) in [6.45, 7) is 6.46. The van der Waals surface area contributed by atoms with Crippen LogP contribution in [-0.4, -0.2) is 41.9 Å². The summed E-state index contributed by atoms with van der Waals surface area (Å²) in [5, 5.41) is 0. The van der Waals surface area contributed by atoms with Crippen molar-refractivity contribution in [2.45, 2.75) is 30.5 Å². The molecular weight excluding hydrogens is 300 g/mol. The fourth-order valence-electron chi connectivity index (χ4n) is 2.65. The molecule has 114 valence electrons. The van der Waals surface area contributed by atoms with Crippen molar-refractivity contribution in [3.05, 3.63) is 18.2 Å². The van der Waals surface area contributed by atoms with Gasteiger partial charge < -0.3 is 9.64 Å². The van der Waals surface area contributed by atoms with Crippen LogP contribution in [0, 0.1) is 0 Å². The van der Waals surface area contributed by atoms with Crippen LogP contribution in [-0.2, 0) is 0 Å². The Kier molecular flexibility index (Phi) is 5.38. The molecular formula is C16H22N2OS2. The van der Waals surface area contributed by atoms with E-state index >= 15 is 0 Å². The van der Waals surface area contributed by atoms with E-state index in [1.807, 2.05) is 24.8 Å². The van der Waals surface area contributed by atoms with Crippen LogP contribution in [0.4, 0.5) is 0 Å². The molecule has 0 unspecified atom stereocenters. The van der Waals surface area contributed by atoms with Crippen molar-refractivity contribution in [3.63, 3.8) is 0 Å². The smallest absolute Gasteiger partial charge is 0.151 e. The number of ether oxygens (including phenoxy) is 1. The third kappa shape index (κ3) is 4.11. The molecule has 0 N–H and O–H groups in total. The first-order valence-corrected chi connectivity index (χ1v) is 9.54. The van der Waals surface area contributed by atoms with Crippen LogP contribution in [0.15, 0.2) is 22.5 Å². The van der Waals surface area contributed by atoms with Crippen molar-refractivity contribution in [2.75, 3.05) is 32.0 Å². The number of thiazole rings is 1. The third-order valence-electron chi connectivity index (χ3n) is 3.73. The summed E-state index contributed by atoms with van der Waals surface area (Å²) in [4.78, 5) is 7.28. The summed E-state index contributed by atoms with van der Waals surface area (Å²) >= 11 is 3.66. The number of rotatable bonds is 6. The Morgan fingerprint density at radius 1 is 1.29 bits per heavy atom. The van der Waals surface area contributed by atoms with Crippen molar-refractivity contribution >= 4 is 33.3 Å².